The summed E-state index contributed by atoms with van der Waals surface area (Å²) in [4.78, 5) is 7.31. The van der Waals surface area contributed by atoms with Gasteiger partial charge in [0.25, 0.3) is 0 Å². The van der Waals surface area contributed by atoms with E-state index in [0.29, 0.717) is 11.4 Å². The van der Waals surface area contributed by atoms with Gasteiger partial charge < -0.3 is 10.5 Å². The fourth-order valence-electron chi connectivity index (χ4n) is 1.04. The molecule has 15 heavy (non-hydrogen) atoms. The Hall–Kier alpha value is -2.17. The summed E-state index contributed by atoms with van der Waals surface area (Å²) in [7, 11) is 0. The number of hydrogen-bond acceptors (Lipinski definition) is 4. The van der Waals surface area contributed by atoms with E-state index in [1.165, 1.54) is 0 Å². The Labute approximate surface area is 85.5 Å². The lowest BCUT2D eigenvalue weighted by atomic mass is 10.3. The van der Waals surface area contributed by atoms with Crippen LogP contribution in [0.3, 0.4) is 0 Å². The highest BCUT2D eigenvalue weighted by Crippen LogP contribution is 2.19. The van der Waals surface area contributed by atoms with Gasteiger partial charge in [-0.15, -0.1) is 0 Å². The first-order valence-electron chi connectivity index (χ1n) is 4.25. The Morgan fingerprint density at radius 3 is 2.60 bits per heavy atom. The zero-order chi connectivity index (χ0) is 10.7. The van der Waals surface area contributed by atoms with Crippen molar-refractivity contribution in [3.05, 3.63) is 42.5 Å². The van der Waals surface area contributed by atoms with Gasteiger partial charge in [-0.2, -0.15) is 0 Å². The maximum atomic E-state index is 12.5. The van der Waals surface area contributed by atoms with Crippen molar-refractivity contribution in [1.82, 2.24) is 9.97 Å². The number of rotatable bonds is 2. The number of nitrogens with two attached hydrogens (primary N) is 1. The molecule has 1 heterocycles. The van der Waals surface area contributed by atoms with E-state index in [1.807, 2.05) is 0 Å². The highest BCUT2D eigenvalue weighted by atomic mass is 19.1. The molecule has 5 heteroatoms. The lowest BCUT2D eigenvalue weighted by molar-refractivity contribution is 0.436. The third-order valence-electron chi connectivity index (χ3n) is 1.66. The van der Waals surface area contributed by atoms with Crippen molar-refractivity contribution in [1.29, 1.82) is 0 Å². The average Bonchev–Trinajstić information content (AvgIpc) is 2.22. The van der Waals surface area contributed by atoms with Crippen LogP contribution in [0.1, 0.15) is 0 Å². The van der Waals surface area contributed by atoms with E-state index in [9.17, 15) is 4.39 Å². The molecule has 0 spiro atoms. The molecule has 4 nitrogen and oxygen atoms in total. The second-order valence-electron chi connectivity index (χ2n) is 2.86. The molecule has 0 atom stereocenters. The van der Waals surface area contributed by atoms with Crippen LogP contribution in [0, 0.1) is 5.82 Å². The highest BCUT2D eigenvalue weighted by Gasteiger charge is 2.00. The Morgan fingerprint density at radius 2 is 1.93 bits per heavy atom. The van der Waals surface area contributed by atoms with Gasteiger partial charge >= 0.3 is 6.01 Å². The first kappa shape index (κ1) is 9.39. The van der Waals surface area contributed by atoms with Gasteiger partial charge in [-0.3, -0.25) is 0 Å². The van der Waals surface area contributed by atoms with E-state index in [1.54, 1.807) is 24.3 Å². The van der Waals surface area contributed by atoms with Crippen molar-refractivity contribution in [2.24, 2.45) is 0 Å². The summed E-state index contributed by atoms with van der Waals surface area (Å²) in [5.41, 5.74) is 6.13. The Morgan fingerprint density at radius 1 is 1.20 bits per heavy atom. The van der Waals surface area contributed by atoms with Gasteiger partial charge in [-0.1, -0.05) is 6.07 Å². The predicted molar refractivity (Wildman–Crippen MR) is 52.9 cm³/mol. The molecule has 2 N–H and O–H groups in total. The molecule has 0 aliphatic rings. The van der Waals surface area contributed by atoms with Crippen LogP contribution in [-0.2, 0) is 0 Å². The van der Waals surface area contributed by atoms with Crippen LogP contribution in [0.4, 0.5) is 10.1 Å². The maximum absolute atomic E-state index is 12.5. The van der Waals surface area contributed by atoms with Crippen LogP contribution in [0.25, 0.3) is 0 Å². The van der Waals surface area contributed by atoms with Crippen LogP contribution >= 0.6 is 0 Å². The Balaban J connectivity index is 2.18. The Kier molecular flexibility index (Phi) is 2.45. The molecule has 2 aromatic rings. The monoisotopic (exact) mass is 205 g/mol. The van der Waals surface area contributed by atoms with E-state index < -0.39 is 5.82 Å². The third-order valence-corrected chi connectivity index (χ3v) is 1.66. The number of nitrogen functional groups attached to an aromatic ring is 1. The van der Waals surface area contributed by atoms with Gasteiger partial charge in [0.2, 0.25) is 0 Å². The first-order valence-corrected chi connectivity index (χ1v) is 4.25. The van der Waals surface area contributed by atoms with Crippen LogP contribution in [0.2, 0.25) is 0 Å². The van der Waals surface area contributed by atoms with E-state index in [-0.39, 0.29) is 6.01 Å². The standard InChI is InChI=1S/C10H8FN3O/c11-7-5-13-10(14-6-7)15-9-3-1-2-8(12)4-9/h1-6H,12H2. The van der Waals surface area contributed by atoms with E-state index in [2.05, 4.69) is 9.97 Å². The fraction of sp³-hybridized carbons (Fsp3) is 0. The van der Waals surface area contributed by atoms with Crippen LogP contribution in [0.15, 0.2) is 36.7 Å². The summed E-state index contributed by atoms with van der Waals surface area (Å²) in [5, 5.41) is 0. The number of aromatic nitrogens is 2. The molecule has 0 saturated carbocycles. The van der Waals surface area contributed by atoms with Crippen LogP contribution in [0.5, 0.6) is 11.8 Å². The zero-order valence-corrected chi connectivity index (χ0v) is 7.72. The largest absolute Gasteiger partial charge is 0.424 e. The number of benzene rings is 1. The van der Waals surface area contributed by atoms with Crippen LogP contribution < -0.4 is 10.5 Å². The molecule has 76 valence electrons. The first-order chi connectivity index (χ1) is 7.24. The molecule has 0 aliphatic carbocycles. The molecule has 0 radical (unpaired) electrons. The molecular weight excluding hydrogens is 197 g/mol. The predicted octanol–water partition coefficient (Wildman–Crippen LogP) is 1.99. The quantitative estimate of drug-likeness (QED) is 0.761. The van der Waals surface area contributed by atoms with Crippen molar-refractivity contribution in [2.75, 3.05) is 5.73 Å². The molecule has 0 bridgehead atoms. The second kappa shape index (κ2) is 3.91. The summed E-state index contributed by atoms with van der Waals surface area (Å²) in [6, 6.07) is 6.91. The number of nitrogens with zero attached hydrogens (tertiary/aromatic N) is 2. The zero-order valence-electron chi connectivity index (χ0n) is 7.72. The summed E-state index contributed by atoms with van der Waals surface area (Å²) >= 11 is 0. The summed E-state index contributed by atoms with van der Waals surface area (Å²) in [6.07, 6.45) is 2.07. The maximum Gasteiger partial charge on any atom is 0.322 e. The smallest absolute Gasteiger partial charge is 0.322 e. The van der Waals surface area contributed by atoms with Gasteiger partial charge in [0.1, 0.15) is 5.75 Å². The van der Waals surface area contributed by atoms with Crippen molar-refractivity contribution < 1.29 is 9.13 Å². The van der Waals surface area contributed by atoms with E-state index in [0.717, 1.165) is 12.4 Å². The molecule has 1 aromatic heterocycles. The highest BCUT2D eigenvalue weighted by molar-refractivity contribution is 5.44. The lowest BCUT2D eigenvalue weighted by Crippen LogP contribution is -1.93. The number of halogens is 1. The summed E-state index contributed by atoms with van der Waals surface area (Å²) in [6.45, 7) is 0. The SMILES string of the molecule is Nc1cccc(Oc2ncc(F)cn2)c1. The summed E-state index contributed by atoms with van der Waals surface area (Å²) < 4.78 is 17.7. The van der Waals surface area contributed by atoms with E-state index in [4.69, 9.17) is 10.5 Å². The van der Waals surface area contributed by atoms with E-state index >= 15 is 0 Å². The minimum absolute atomic E-state index is 0.0852. The van der Waals surface area contributed by atoms with Gasteiger partial charge in [0.05, 0.1) is 12.4 Å². The number of ether oxygens (including phenoxy) is 1. The molecular formula is C10H8FN3O. The van der Waals surface area contributed by atoms with Gasteiger partial charge in [-0.05, 0) is 12.1 Å². The lowest BCUT2D eigenvalue weighted by Gasteiger charge is -2.03. The molecule has 0 unspecified atom stereocenters. The topological polar surface area (TPSA) is 61.0 Å². The average molecular weight is 205 g/mol. The Bertz CT molecular complexity index is 458. The van der Waals surface area contributed by atoms with Crippen molar-refractivity contribution in [2.45, 2.75) is 0 Å². The second-order valence-corrected chi connectivity index (χ2v) is 2.86. The normalized spacial score (nSPS) is 9.93. The van der Waals surface area contributed by atoms with Gasteiger partial charge in [-0.25, -0.2) is 14.4 Å². The fourth-order valence-corrected chi connectivity index (χ4v) is 1.04. The van der Waals surface area contributed by atoms with Gasteiger partial charge in [0, 0.05) is 11.8 Å². The molecule has 0 saturated heterocycles. The number of anilines is 1. The third kappa shape index (κ3) is 2.40. The molecule has 2 rings (SSSR count). The minimum Gasteiger partial charge on any atom is -0.424 e. The molecule has 0 amide bonds. The number of hydrogen-bond donors (Lipinski definition) is 1. The van der Waals surface area contributed by atoms with Crippen molar-refractivity contribution in [3.8, 4) is 11.8 Å². The van der Waals surface area contributed by atoms with Crippen molar-refractivity contribution in [3.63, 3.8) is 0 Å². The molecule has 1 aromatic carbocycles. The minimum atomic E-state index is -0.505. The van der Waals surface area contributed by atoms with Gasteiger partial charge in [0.15, 0.2) is 5.82 Å². The van der Waals surface area contributed by atoms with Crippen LogP contribution in [-0.4, -0.2) is 9.97 Å². The summed E-state index contributed by atoms with van der Waals surface area (Å²) in [5.74, 6) is 0.0107. The van der Waals surface area contributed by atoms with Crippen molar-refractivity contribution >= 4 is 5.69 Å². The molecule has 0 fully saturated rings. The molecule has 0 aliphatic heterocycles.